The average molecular weight is 460 g/mol. The second-order valence-electron chi connectivity index (χ2n) is 8.50. The van der Waals surface area contributed by atoms with Gasteiger partial charge in [-0.1, -0.05) is 18.2 Å². The lowest BCUT2D eigenvalue weighted by molar-refractivity contribution is -0.138. The quantitative estimate of drug-likeness (QED) is 0.587. The number of rotatable bonds is 6. The van der Waals surface area contributed by atoms with E-state index in [-0.39, 0.29) is 12.1 Å². The van der Waals surface area contributed by atoms with Crippen molar-refractivity contribution in [2.45, 2.75) is 26.2 Å². The highest BCUT2D eigenvalue weighted by atomic mass is 19.4. The minimum atomic E-state index is -4.38. The number of hydrogen-bond donors (Lipinski definition) is 1. The molecule has 1 aliphatic heterocycles. The number of hydrogen-bond acceptors (Lipinski definition) is 6. The first-order valence-electron chi connectivity index (χ1n) is 10.9. The lowest BCUT2D eigenvalue weighted by atomic mass is 10.0. The van der Waals surface area contributed by atoms with Gasteiger partial charge in [-0.25, -0.2) is 0 Å². The molecule has 0 saturated carbocycles. The number of nitrogens with zero attached hydrogens (tertiary/aromatic N) is 4. The molecule has 0 unspecified atom stereocenters. The molecule has 1 aromatic heterocycles. The highest BCUT2D eigenvalue weighted by molar-refractivity contribution is 5.95. The predicted octanol–water partition coefficient (Wildman–Crippen LogP) is 4.47. The standard InChI is InChI=1S/C24H28F3N5O/c1-16-17(5-4-6-21(16)24(25,26)27)14-28-23-20-13-18(32-9-11-33-12-10-32)7-8-19(20)22(29-30-23)15-31(2)3/h4-8,13H,9-12,14-15H2,1-3H3,(H,28,30). The van der Waals surface area contributed by atoms with Crippen molar-refractivity contribution in [1.29, 1.82) is 0 Å². The van der Waals surface area contributed by atoms with Gasteiger partial charge >= 0.3 is 6.18 Å². The van der Waals surface area contributed by atoms with Gasteiger partial charge in [0.1, 0.15) is 0 Å². The Morgan fingerprint density at radius 1 is 1.06 bits per heavy atom. The van der Waals surface area contributed by atoms with E-state index in [2.05, 4.69) is 32.5 Å². The summed E-state index contributed by atoms with van der Waals surface area (Å²) in [7, 11) is 3.94. The van der Waals surface area contributed by atoms with Crippen LogP contribution in [0.2, 0.25) is 0 Å². The van der Waals surface area contributed by atoms with Crippen LogP contribution in [-0.2, 0) is 24.0 Å². The predicted molar refractivity (Wildman–Crippen MR) is 123 cm³/mol. The number of aromatic nitrogens is 2. The first kappa shape index (κ1) is 23.3. The highest BCUT2D eigenvalue weighted by Crippen LogP contribution is 2.34. The number of halogens is 3. The SMILES string of the molecule is Cc1c(CNc2nnc(CN(C)C)c3ccc(N4CCOCC4)cc23)cccc1C(F)(F)F. The molecule has 1 fully saturated rings. The van der Waals surface area contributed by atoms with Crippen LogP contribution in [0.25, 0.3) is 10.8 Å². The molecule has 0 bridgehead atoms. The fraction of sp³-hybridized carbons (Fsp3) is 0.417. The summed E-state index contributed by atoms with van der Waals surface area (Å²) in [4.78, 5) is 4.29. The molecule has 2 aromatic carbocycles. The average Bonchev–Trinajstić information content (AvgIpc) is 2.78. The van der Waals surface area contributed by atoms with E-state index in [1.807, 2.05) is 25.1 Å². The summed E-state index contributed by atoms with van der Waals surface area (Å²) in [6.45, 7) is 5.32. The van der Waals surface area contributed by atoms with Crippen LogP contribution in [0.4, 0.5) is 24.7 Å². The molecular formula is C24H28F3N5O. The number of ether oxygens (including phenoxy) is 1. The van der Waals surface area contributed by atoms with E-state index < -0.39 is 11.7 Å². The lowest BCUT2D eigenvalue weighted by Gasteiger charge is -2.29. The molecule has 2 heterocycles. The molecule has 3 aromatic rings. The van der Waals surface area contributed by atoms with Crippen molar-refractivity contribution in [1.82, 2.24) is 15.1 Å². The largest absolute Gasteiger partial charge is 0.416 e. The molecule has 0 spiro atoms. The third-order valence-corrected chi connectivity index (χ3v) is 5.88. The molecule has 0 amide bonds. The molecule has 1 saturated heterocycles. The number of morpholine rings is 1. The second kappa shape index (κ2) is 9.52. The zero-order valence-corrected chi connectivity index (χ0v) is 19.0. The van der Waals surface area contributed by atoms with Crippen LogP contribution in [0.15, 0.2) is 36.4 Å². The molecule has 176 valence electrons. The van der Waals surface area contributed by atoms with Crippen molar-refractivity contribution in [2.24, 2.45) is 0 Å². The van der Waals surface area contributed by atoms with Crippen LogP contribution >= 0.6 is 0 Å². The van der Waals surface area contributed by atoms with Gasteiger partial charge in [-0.3, -0.25) is 0 Å². The summed E-state index contributed by atoms with van der Waals surface area (Å²) < 4.78 is 45.4. The third kappa shape index (κ3) is 5.20. The first-order chi connectivity index (χ1) is 15.7. The van der Waals surface area contributed by atoms with Crippen LogP contribution in [0.1, 0.15) is 22.4 Å². The van der Waals surface area contributed by atoms with Gasteiger partial charge < -0.3 is 19.9 Å². The Morgan fingerprint density at radius 2 is 1.82 bits per heavy atom. The van der Waals surface area contributed by atoms with E-state index in [0.717, 1.165) is 41.3 Å². The number of fused-ring (bicyclic) bond motifs is 1. The summed E-state index contributed by atoms with van der Waals surface area (Å²) in [5, 5.41) is 13.9. The van der Waals surface area contributed by atoms with Crippen molar-refractivity contribution < 1.29 is 17.9 Å². The van der Waals surface area contributed by atoms with Gasteiger partial charge in [-0.05, 0) is 50.3 Å². The van der Waals surface area contributed by atoms with E-state index >= 15 is 0 Å². The maximum absolute atomic E-state index is 13.3. The Balaban J connectivity index is 1.69. The number of benzene rings is 2. The van der Waals surface area contributed by atoms with E-state index in [0.29, 0.717) is 31.1 Å². The van der Waals surface area contributed by atoms with E-state index in [9.17, 15) is 13.2 Å². The Hall–Kier alpha value is -2.91. The van der Waals surface area contributed by atoms with Crippen molar-refractivity contribution in [2.75, 3.05) is 50.6 Å². The molecule has 0 aliphatic carbocycles. The fourth-order valence-corrected chi connectivity index (χ4v) is 4.12. The summed E-state index contributed by atoms with van der Waals surface area (Å²) in [6.07, 6.45) is -4.38. The molecule has 0 atom stereocenters. The molecule has 4 rings (SSSR count). The Bertz CT molecular complexity index is 1130. The minimum Gasteiger partial charge on any atom is -0.378 e. The van der Waals surface area contributed by atoms with Crippen molar-refractivity contribution in [3.63, 3.8) is 0 Å². The summed E-state index contributed by atoms with van der Waals surface area (Å²) in [5.74, 6) is 0.555. The van der Waals surface area contributed by atoms with Gasteiger partial charge in [-0.2, -0.15) is 18.3 Å². The molecule has 1 aliphatic rings. The molecule has 33 heavy (non-hydrogen) atoms. The summed E-state index contributed by atoms with van der Waals surface area (Å²) in [6, 6.07) is 10.5. The van der Waals surface area contributed by atoms with E-state index in [1.54, 1.807) is 6.07 Å². The minimum absolute atomic E-state index is 0.216. The zero-order valence-electron chi connectivity index (χ0n) is 19.0. The van der Waals surface area contributed by atoms with Crippen LogP contribution in [0, 0.1) is 6.92 Å². The van der Waals surface area contributed by atoms with Crippen molar-refractivity contribution >= 4 is 22.3 Å². The topological polar surface area (TPSA) is 53.5 Å². The zero-order chi connectivity index (χ0) is 23.6. The van der Waals surface area contributed by atoms with Crippen LogP contribution in [-0.4, -0.2) is 55.5 Å². The Labute approximate surface area is 191 Å². The van der Waals surface area contributed by atoms with Crippen LogP contribution in [0.5, 0.6) is 0 Å². The van der Waals surface area contributed by atoms with Gasteiger partial charge in [0.15, 0.2) is 5.82 Å². The van der Waals surface area contributed by atoms with Gasteiger partial charge in [0.25, 0.3) is 0 Å². The Morgan fingerprint density at radius 3 is 2.52 bits per heavy atom. The monoisotopic (exact) mass is 459 g/mol. The molecule has 0 radical (unpaired) electrons. The molecule has 6 nitrogen and oxygen atoms in total. The Kier molecular flexibility index (Phi) is 6.71. The number of anilines is 2. The summed E-state index contributed by atoms with van der Waals surface area (Å²) >= 11 is 0. The van der Waals surface area contributed by atoms with Crippen molar-refractivity contribution in [3.8, 4) is 0 Å². The number of alkyl halides is 3. The number of nitrogens with one attached hydrogen (secondary N) is 1. The van der Waals surface area contributed by atoms with Gasteiger partial charge in [-0.15, -0.1) is 5.10 Å². The van der Waals surface area contributed by atoms with Crippen molar-refractivity contribution in [3.05, 3.63) is 58.8 Å². The maximum atomic E-state index is 13.3. The smallest absolute Gasteiger partial charge is 0.378 e. The first-order valence-corrected chi connectivity index (χ1v) is 10.9. The molecule has 9 heteroatoms. The van der Waals surface area contributed by atoms with Gasteiger partial charge in [0.2, 0.25) is 0 Å². The van der Waals surface area contributed by atoms with Crippen LogP contribution < -0.4 is 10.2 Å². The van der Waals surface area contributed by atoms with Crippen LogP contribution in [0.3, 0.4) is 0 Å². The van der Waals surface area contributed by atoms with Gasteiger partial charge in [0, 0.05) is 42.6 Å². The highest BCUT2D eigenvalue weighted by Gasteiger charge is 2.32. The second-order valence-corrected chi connectivity index (χ2v) is 8.50. The third-order valence-electron chi connectivity index (χ3n) is 5.88. The van der Waals surface area contributed by atoms with E-state index in [4.69, 9.17) is 4.74 Å². The molecule has 1 N–H and O–H groups in total. The maximum Gasteiger partial charge on any atom is 0.416 e. The van der Waals surface area contributed by atoms with E-state index in [1.165, 1.54) is 13.0 Å². The molecular weight excluding hydrogens is 431 g/mol. The fourth-order valence-electron chi connectivity index (χ4n) is 4.12. The summed E-state index contributed by atoms with van der Waals surface area (Å²) in [5.41, 5.74) is 2.08. The lowest BCUT2D eigenvalue weighted by Crippen LogP contribution is -2.36. The normalized spacial score (nSPS) is 14.8. The van der Waals surface area contributed by atoms with Gasteiger partial charge in [0.05, 0.1) is 24.5 Å².